The molecule has 4 saturated carbocycles. The molecule has 0 amide bonds. The molecule has 0 aromatic heterocycles. The number of phenols is 1. The maximum Gasteiger partial charge on any atom is 0.119 e. The maximum atomic E-state index is 11.2. The molecule has 4 aliphatic rings. The molecule has 6 unspecified atom stereocenters. The zero-order chi connectivity index (χ0) is 20.3. The van der Waals surface area contributed by atoms with Crippen LogP contribution in [0.4, 0.5) is 0 Å². The summed E-state index contributed by atoms with van der Waals surface area (Å²) in [6, 6.07) is 3.98. The fourth-order valence-electron chi connectivity index (χ4n) is 8.63. The van der Waals surface area contributed by atoms with Crippen LogP contribution in [0.1, 0.15) is 103 Å². The molecule has 0 radical (unpaired) electrons. The first-order valence-corrected chi connectivity index (χ1v) is 11.9. The van der Waals surface area contributed by atoms with Crippen LogP contribution in [0.5, 0.6) is 5.75 Å². The van der Waals surface area contributed by atoms with Crippen molar-refractivity contribution in [2.24, 2.45) is 33.5 Å². The Morgan fingerprint density at radius 1 is 0.786 bits per heavy atom. The summed E-state index contributed by atoms with van der Waals surface area (Å²) < 4.78 is 0. The van der Waals surface area contributed by atoms with Crippen molar-refractivity contribution in [3.05, 3.63) is 23.3 Å². The van der Waals surface area contributed by atoms with Crippen LogP contribution < -0.4 is 0 Å². The molecule has 4 fully saturated rings. The summed E-state index contributed by atoms with van der Waals surface area (Å²) in [5.74, 6) is 3.12. The Bertz CT molecular complexity index is 770. The molecular formula is C26H38OS. The maximum absolute atomic E-state index is 11.2. The van der Waals surface area contributed by atoms with Gasteiger partial charge in [-0.05, 0) is 102 Å². The van der Waals surface area contributed by atoms with E-state index < -0.39 is 0 Å². The van der Waals surface area contributed by atoms with Crippen molar-refractivity contribution < 1.29 is 5.11 Å². The Kier molecular flexibility index (Phi) is 3.82. The van der Waals surface area contributed by atoms with Crippen LogP contribution in [0.3, 0.4) is 0 Å². The Hall–Kier alpha value is -0.630. The van der Waals surface area contributed by atoms with E-state index in [0.29, 0.717) is 33.8 Å². The quantitative estimate of drug-likeness (QED) is 0.493. The van der Waals surface area contributed by atoms with Crippen molar-refractivity contribution in [2.75, 3.05) is 0 Å². The van der Waals surface area contributed by atoms with E-state index in [1.165, 1.54) is 49.7 Å². The number of phenolic OH excluding ortho intramolecular Hbond substituents is 1. The largest absolute Gasteiger partial charge is 0.508 e. The van der Waals surface area contributed by atoms with E-state index in [4.69, 9.17) is 12.6 Å². The summed E-state index contributed by atoms with van der Waals surface area (Å²) >= 11 is 5.00. The molecule has 154 valence electrons. The minimum atomic E-state index is 0.277. The molecule has 4 aliphatic carbocycles. The molecule has 4 bridgehead atoms. The van der Waals surface area contributed by atoms with Crippen LogP contribution >= 0.6 is 12.6 Å². The zero-order valence-electron chi connectivity index (χ0n) is 18.6. The molecule has 0 saturated heterocycles. The van der Waals surface area contributed by atoms with Crippen LogP contribution in [0.15, 0.2) is 17.0 Å². The second kappa shape index (κ2) is 5.54. The van der Waals surface area contributed by atoms with Gasteiger partial charge in [-0.15, -0.1) is 12.6 Å². The third kappa shape index (κ3) is 2.02. The molecule has 1 aromatic rings. The molecular weight excluding hydrogens is 360 g/mol. The van der Waals surface area contributed by atoms with Gasteiger partial charge in [-0.3, -0.25) is 0 Å². The minimum absolute atomic E-state index is 0.277. The van der Waals surface area contributed by atoms with E-state index in [1.54, 1.807) is 0 Å². The van der Waals surface area contributed by atoms with Crippen molar-refractivity contribution in [2.45, 2.75) is 96.8 Å². The summed E-state index contributed by atoms with van der Waals surface area (Å²) in [7, 11) is 0. The van der Waals surface area contributed by atoms with Gasteiger partial charge in [0.05, 0.1) is 0 Å². The van der Waals surface area contributed by atoms with Gasteiger partial charge in [-0.25, -0.2) is 0 Å². The summed E-state index contributed by atoms with van der Waals surface area (Å²) in [4.78, 5) is 1.12. The van der Waals surface area contributed by atoms with Crippen LogP contribution in [0, 0.1) is 33.5 Å². The van der Waals surface area contributed by atoms with Crippen molar-refractivity contribution in [3.63, 3.8) is 0 Å². The number of thiol groups is 1. The van der Waals surface area contributed by atoms with E-state index in [1.807, 2.05) is 6.07 Å². The van der Waals surface area contributed by atoms with Crippen molar-refractivity contribution >= 4 is 12.6 Å². The Morgan fingerprint density at radius 2 is 1.25 bits per heavy atom. The predicted molar refractivity (Wildman–Crippen MR) is 119 cm³/mol. The minimum Gasteiger partial charge on any atom is -0.508 e. The lowest BCUT2D eigenvalue weighted by molar-refractivity contribution is 0.125. The molecule has 5 rings (SSSR count). The Balaban J connectivity index is 1.68. The topological polar surface area (TPSA) is 20.2 Å². The first-order chi connectivity index (χ1) is 12.9. The van der Waals surface area contributed by atoms with Gasteiger partial charge < -0.3 is 5.11 Å². The molecule has 1 aromatic carbocycles. The van der Waals surface area contributed by atoms with Crippen molar-refractivity contribution in [3.8, 4) is 5.75 Å². The third-order valence-electron chi connectivity index (χ3n) is 11.5. The van der Waals surface area contributed by atoms with Gasteiger partial charge in [0, 0.05) is 10.5 Å². The monoisotopic (exact) mass is 398 g/mol. The number of aromatic hydroxyl groups is 1. The number of rotatable bonds is 2. The lowest BCUT2D eigenvalue weighted by atomic mass is 9.61. The molecule has 1 nitrogen and oxygen atoms in total. The summed E-state index contributed by atoms with van der Waals surface area (Å²) in [5, 5.41) is 11.2. The van der Waals surface area contributed by atoms with E-state index in [9.17, 15) is 5.11 Å². The van der Waals surface area contributed by atoms with Gasteiger partial charge in [0.25, 0.3) is 0 Å². The molecule has 28 heavy (non-hydrogen) atoms. The Labute approximate surface area is 177 Å². The fourth-order valence-corrected chi connectivity index (χ4v) is 8.98. The molecule has 1 N–H and O–H groups in total. The molecule has 0 heterocycles. The second-order valence-electron chi connectivity index (χ2n) is 12.3. The van der Waals surface area contributed by atoms with Crippen molar-refractivity contribution in [1.82, 2.24) is 0 Å². The van der Waals surface area contributed by atoms with Crippen molar-refractivity contribution in [1.29, 1.82) is 0 Å². The summed E-state index contributed by atoms with van der Waals surface area (Å²) in [6.45, 7) is 15.0. The first kappa shape index (κ1) is 19.3. The first-order valence-electron chi connectivity index (χ1n) is 11.5. The fraction of sp³-hybridized carbons (Fsp3) is 0.769. The van der Waals surface area contributed by atoms with Gasteiger partial charge in [-0.2, -0.15) is 0 Å². The van der Waals surface area contributed by atoms with Gasteiger partial charge in [0.1, 0.15) is 5.75 Å². The number of hydrogen-bond donors (Lipinski definition) is 2. The zero-order valence-corrected chi connectivity index (χ0v) is 19.5. The average molecular weight is 399 g/mol. The predicted octanol–water partition coefficient (Wildman–Crippen LogP) is 7.54. The number of hydrogen-bond acceptors (Lipinski definition) is 2. The average Bonchev–Trinajstić information content (AvgIpc) is 3.14. The van der Waals surface area contributed by atoms with Crippen LogP contribution in [-0.2, 0) is 0 Å². The highest BCUT2D eigenvalue weighted by Gasteiger charge is 2.65. The lowest BCUT2D eigenvalue weighted by Gasteiger charge is -2.44. The third-order valence-corrected chi connectivity index (χ3v) is 11.9. The number of benzene rings is 1. The van der Waals surface area contributed by atoms with E-state index in [-0.39, 0.29) is 5.41 Å². The highest BCUT2D eigenvalue weighted by molar-refractivity contribution is 7.80. The van der Waals surface area contributed by atoms with Gasteiger partial charge in [0.15, 0.2) is 0 Å². The summed E-state index contributed by atoms with van der Waals surface area (Å²) in [5.41, 5.74) is 4.01. The smallest absolute Gasteiger partial charge is 0.119 e. The highest BCUT2D eigenvalue weighted by Crippen LogP contribution is 2.75. The van der Waals surface area contributed by atoms with Gasteiger partial charge in [0.2, 0.25) is 0 Å². The van der Waals surface area contributed by atoms with Crippen LogP contribution in [0.25, 0.3) is 0 Å². The summed E-state index contributed by atoms with van der Waals surface area (Å²) in [6.07, 6.45) is 7.83. The van der Waals surface area contributed by atoms with E-state index in [2.05, 4.69) is 47.6 Å². The number of fused-ring (bicyclic) bond motifs is 4. The molecule has 0 spiro atoms. The van der Waals surface area contributed by atoms with Crippen LogP contribution in [-0.4, -0.2) is 5.11 Å². The van der Waals surface area contributed by atoms with Gasteiger partial charge in [-0.1, -0.05) is 41.5 Å². The second-order valence-corrected chi connectivity index (χ2v) is 12.7. The molecule has 0 aliphatic heterocycles. The molecule has 2 heteroatoms. The highest BCUT2D eigenvalue weighted by atomic mass is 32.1. The van der Waals surface area contributed by atoms with Crippen LogP contribution in [0.2, 0.25) is 0 Å². The molecule has 6 atom stereocenters. The van der Waals surface area contributed by atoms with E-state index >= 15 is 0 Å². The lowest BCUT2D eigenvalue weighted by Crippen LogP contribution is -2.34. The normalized spacial score (nSPS) is 45.1. The standard InChI is InChI=1S/C26H38OS/c1-23(2)15-9-11-25(23,5)17(13-15)21-19(27)7-8-20(28)22(21)18-14-16-10-12-26(18,6)24(16,3)4/h7-8,15-18,27-28H,9-14H2,1-6H3. The van der Waals surface area contributed by atoms with E-state index in [0.717, 1.165) is 16.7 Å². The SMILES string of the molecule is CC1(C)C2CCC1(C)C(c1c(O)ccc(S)c1C1CC3CCC1(C)C3(C)C)C2. The van der Waals surface area contributed by atoms with Gasteiger partial charge >= 0.3 is 0 Å². The Morgan fingerprint density at radius 3 is 1.64 bits per heavy atom.